The number of hydrogen-bond donors (Lipinski definition) is 2. The molecule has 0 unspecified atom stereocenters. The molecule has 5 heteroatoms. The maximum absolute atomic E-state index is 9.76. The Labute approximate surface area is 163 Å². The smallest absolute Gasteiger partial charge is 0.207 e. The first-order valence-corrected chi connectivity index (χ1v) is 11.7. The molecular weight excluding hydrogens is 348 g/mol. The molecule has 0 bridgehead atoms. The largest absolute Gasteiger partial charge is 0.358 e. The normalized spacial score (nSPS) is 9.84. The second kappa shape index (κ2) is 18.2. The molecule has 0 saturated heterocycles. The van der Waals surface area contributed by atoms with Crippen molar-refractivity contribution >= 4 is 28.0 Å². The minimum absolute atomic E-state index is 0.636. The van der Waals surface area contributed by atoms with Gasteiger partial charge in [0.2, 0.25) is 6.41 Å². The molecule has 1 aromatic carbocycles. The lowest BCUT2D eigenvalue weighted by Gasteiger charge is -2.12. The molecule has 0 aromatic heterocycles. The van der Waals surface area contributed by atoms with E-state index in [2.05, 4.69) is 63.9 Å². The van der Waals surface area contributed by atoms with E-state index < -0.39 is 0 Å². The van der Waals surface area contributed by atoms with Crippen molar-refractivity contribution in [1.29, 1.82) is 0 Å². The van der Waals surface area contributed by atoms with Gasteiger partial charge in [0.1, 0.15) is 0 Å². The van der Waals surface area contributed by atoms with Gasteiger partial charge in [0.25, 0.3) is 0 Å². The molecule has 0 heterocycles. The fourth-order valence-electron chi connectivity index (χ4n) is 1.85. The zero-order chi connectivity index (χ0) is 19.7. The van der Waals surface area contributed by atoms with E-state index in [1.54, 1.807) is 21.6 Å². The van der Waals surface area contributed by atoms with Crippen LogP contribution >= 0.6 is 21.6 Å². The molecule has 0 fully saturated rings. The highest BCUT2D eigenvalue weighted by Gasteiger charge is 2.04. The van der Waals surface area contributed by atoms with Crippen LogP contribution in [-0.4, -0.2) is 31.0 Å². The molecule has 1 rings (SSSR count). The van der Waals surface area contributed by atoms with Gasteiger partial charge >= 0.3 is 0 Å². The summed E-state index contributed by atoms with van der Waals surface area (Å²) < 4.78 is 0. The van der Waals surface area contributed by atoms with Crippen LogP contribution in [0.25, 0.3) is 0 Å². The van der Waals surface area contributed by atoms with Crippen molar-refractivity contribution in [3.8, 4) is 0 Å². The summed E-state index contributed by atoms with van der Waals surface area (Å²) >= 11 is 0. The third kappa shape index (κ3) is 15.3. The Morgan fingerprint density at radius 2 is 1.48 bits per heavy atom. The van der Waals surface area contributed by atoms with Crippen LogP contribution in [0.2, 0.25) is 0 Å². The van der Waals surface area contributed by atoms with E-state index in [4.69, 9.17) is 0 Å². The van der Waals surface area contributed by atoms with Gasteiger partial charge in [-0.25, -0.2) is 0 Å². The molecule has 0 atom stereocenters. The number of amides is 1. The van der Waals surface area contributed by atoms with Gasteiger partial charge in [-0.2, -0.15) is 0 Å². The van der Waals surface area contributed by atoms with E-state index in [1.165, 1.54) is 16.7 Å². The van der Waals surface area contributed by atoms with Crippen LogP contribution in [0, 0.1) is 6.92 Å². The van der Waals surface area contributed by atoms with Gasteiger partial charge in [-0.15, -0.1) is 0 Å². The van der Waals surface area contributed by atoms with Gasteiger partial charge in [0.15, 0.2) is 0 Å². The van der Waals surface area contributed by atoms with Gasteiger partial charge in [-0.3, -0.25) is 4.79 Å². The van der Waals surface area contributed by atoms with E-state index in [-0.39, 0.29) is 0 Å². The average Bonchev–Trinajstić information content (AvgIpc) is 2.60. The average molecular weight is 388 g/mol. The fourth-order valence-corrected chi connectivity index (χ4v) is 3.71. The van der Waals surface area contributed by atoms with Gasteiger partial charge in [0, 0.05) is 12.3 Å². The number of benzene rings is 1. The molecule has 0 aliphatic rings. The summed E-state index contributed by atoms with van der Waals surface area (Å²) in [5.74, 6) is 3.34. The van der Waals surface area contributed by atoms with Crippen LogP contribution in [-0.2, 0) is 4.79 Å². The summed E-state index contributed by atoms with van der Waals surface area (Å²) in [5.41, 5.74) is 8.02. The second-order valence-electron chi connectivity index (χ2n) is 6.06. The highest BCUT2D eigenvalue weighted by Crippen LogP contribution is 2.22. The molecule has 4 N–H and O–H groups in total. The number of quaternary nitrogens is 1. The van der Waals surface area contributed by atoms with E-state index in [1.807, 2.05) is 13.8 Å². The number of carbonyl (C=O) groups excluding carboxylic acids is 1. The lowest BCUT2D eigenvalue weighted by Crippen LogP contribution is -2.51. The SMILES string of the molecule is CC.Cc1cc(C(C)C)cc(C(C)C)c1.[NH3+]CCSSCCNC=O. The van der Waals surface area contributed by atoms with Crippen molar-refractivity contribution in [2.75, 3.05) is 24.6 Å². The molecule has 1 aromatic rings. The summed E-state index contributed by atoms with van der Waals surface area (Å²) in [4.78, 5) is 9.76. The first-order chi connectivity index (χ1) is 11.9. The predicted molar refractivity (Wildman–Crippen MR) is 117 cm³/mol. The zero-order valence-corrected chi connectivity index (χ0v) is 18.9. The second-order valence-corrected chi connectivity index (χ2v) is 8.76. The van der Waals surface area contributed by atoms with Crippen molar-refractivity contribution in [2.45, 2.75) is 60.3 Å². The number of aryl methyl sites for hydroxylation is 1. The van der Waals surface area contributed by atoms with Crippen LogP contribution in [0.4, 0.5) is 0 Å². The Kier molecular flexibility index (Phi) is 19.3. The summed E-state index contributed by atoms with van der Waals surface area (Å²) in [6.45, 7) is 16.9. The van der Waals surface area contributed by atoms with Gasteiger partial charge < -0.3 is 11.1 Å². The van der Waals surface area contributed by atoms with E-state index in [0.29, 0.717) is 11.8 Å². The first kappa shape index (κ1) is 26.6. The van der Waals surface area contributed by atoms with Crippen LogP contribution in [0.1, 0.15) is 70.1 Å². The number of nitrogens with one attached hydrogen (secondary N) is 1. The van der Waals surface area contributed by atoms with Gasteiger partial charge in [-0.05, 0) is 29.9 Å². The summed E-state index contributed by atoms with van der Waals surface area (Å²) in [7, 11) is 3.57. The predicted octanol–water partition coefficient (Wildman–Crippen LogP) is 4.62. The van der Waals surface area contributed by atoms with Crippen LogP contribution in [0.3, 0.4) is 0 Å². The lowest BCUT2D eigenvalue weighted by atomic mass is 9.94. The quantitative estimate of drug-likeness (QED) is 0.369. The summed E-state index contributed by atoms with van der Waals surface area (Å²) in [5, 5.41) is 2.59. The minimum atomic E-state index is 0.636. The molecule has 25 heavy (non-hydrogen) atoms. The highest BCUT2D eigenvalue weighted by atomic mass is 33.1. The molecular formula is C20H39N2OS2+. The lowest BCUT2D eigenvalue weighted by molar-refractivity contribution is -0.360. The molecule has 3 nitrogen and oxygen atoms in total. The van der Waals surface area contributed by atoms with E-state index in [9.17, 15) is 4.79 Å². The monoisotopic (exact) mass is 387 g/mol. The Morgan fingerprint density at radius 1 is 1.00 bits per heavy atom. The molecule has 0 saturated carbocycles. The van der Waals surface area contributed by atoms with Gasteiger partial charge in [0.05, 0.1) is 12.3 Å². The van der Waals surface area contributed by atoms with Crippen molar-refractivity contribution in [3.63, 3.8) is 0 Å². The Morgan fingerprint density at radius 3 is 1.88 bits per heavy atom. The molecule has 0 radical (unpaired) electrons. The Balaban J connectivity index is 0. The third-order valence-corrected chi connectivity index (χ3v) is 5.67. The minimum Gasteiger partial charge on any atom is -0.358 e. The van der Waals surface area contributed by atoms with Crippen molar-refractivity contribution in [1.82, 2.24) is 5.32 Å². The van der Waals surface area contributed by atoms with Crippen molar-refractivity contribution in [2.24, 2.45) is 0 Å². The number of carbonyl (C=O) groups is 1. The maximum atomic E-state index is 9.76. The van der Waals surface area contributed by atoms with Crippen molar-refractivity contribution in [3.05, 3.63) is 34.9 Å². The summed E-state index contributed by atoms with van der Waals surface area (Å²) in [6, 6.07) is 6.91. The maximum Gasteiger partial charge on any atom is 0.207 e. The number of hydrogen-bond acceptors (Lipinski definition) is 3. The summed E-state index contributed by atoms with van der Waals surface area (Å²) in [6.07, 6.45) is 0.729. The topological polar surface area (TPSA) is 56.7 Å². The van der Waals surface area contributed by atoms with Crippen LogP contribution < -0.4 is 11.1 Å². The van der Waals surface area contributed by atoms with E-state index in [0.717, 1.165) is 31.0 Å². The molecule has 1 amide bonds. The fraction of sp³-hybridized carbons (Fsp3) is 0.650. The van der Waals surface area contributed by atoms with Gasteiger partial charge in [-0.1, -0.05) is 86.9 Å². The zero-order valence-electron chi connectivity index (χ0n) is 17.2. The standard InChI is InChI=1S/C13H20.C5H12N2OS2.C2H6/c1-9(2)12-6-11(5)7-13(8-12)10(3)4;6-1-3-9-10-4-2-7-5-8;1-2/h6-10H,1-5H3;5H,1-4,6H2,(H,7,8);1-2H3/p+1. The van der Waals surface area contributed by atoms with Crippen LogP contribution in [0.15, 0.2) is 18.2 Å². The first-order valence-electron chi connectivity index (χ1n) is 9.24. The van der Waals surface area contributed by atoms with Crippen molar-refractivity contribution < 1.29 is 10.5 Å². The number of rotatable bonds is 9. The third-order valence-electron chi connectivity index (χ3n) is 3.18. The highest BCUT2D eigenvalue weighted by molar-refractivity contribution is 8.76. The Hall–Kier alpha value is -0.650. The molecule has 0 spiro atoms. The van der Waals surface area contributed by atoms with Crippen LogP contribution in [0.5, 0.6) is 0 Å². The molecule has 0 aliphatic heterocycles. The Bertz CT molecular complexity index is 411. The molecule has 146 valence electrons. The molecule has 0 aliphatic carbocycles. The van der Waals surface area contributed by atoms with E-state index >= 15 is 0 Å².